The number of rotatable bonds is 3. The van der Waals surface area contributed by atoms with Crippen LogP contribution in [0.2, 0.25) is 0 Å². The van der Waals surface area contributed by atoms with E-state index in [1.54, 1.807) is 23.1 Å². The van der Waals surface area contributed by atoms with Crippen molar-refractivity contribution in [3.63, 3.8) is 0 Å². The Balaban J connectivity index is 1.48. The molecule has 3 aromatic heterocycles. The van der Waals surface area contributed by atoms with Crippen molar-refractivity contribution in [2.45, 2.75) is 25.7 Å². The van der Waals surface area contributed by atoms with Crippen LogP contribution in [0.5, 0.6) is 0 Å². The van der Waals surface area contributed by atoms with Gasteiger partial charge in [-0.05, 0) is 30.5 Å². The van der Waals surface area contributed by atoms with Gasteiger partial charge in [0.1, 0.15) is 23.4 Å². The molecule has 0 saturated carbocycles. The van der Waals surface area contributed by atoms with Crippen molar-refractivity contribution in [1.29, 1.82) is 0 Å². The number of fused-ring (bicyclic) bond motifs is 2. The number of likely N-dealkylation sites (tertiary alicyclic amines) is 1. The number of amides is 1. The average molecular weight is 440 g/mol. The summed E-state index contributed by atoms with van der Waals surface area (Å²) in [7, 11) is 0. The maximum Gasteiger partial charge on any atom is 0.280 e. The summed E-state index contributed by atoms with van der Waals surface area (Å²) in [5.74, 6) is -0.683. The molecule has 7 nitrogen and oxygen atoms in total. The van der Waals surface area contributed by atoms with Gasteiger partial charge in [-0.3, -0.25) is 9.78 Å². The first-order valence-corrected chi connectivity index (χ1v) is 10.2. The van der Waals surface area contributed by atoms with Gasteiger partial charge in [0.25, 0.3) is 18.1 Å². The molecule has 0 aliphatic carbocycles. The molecule has 4 aromatic rings. The first-order valence-electron chi connectivity index (χ1n) is 10.2. The van der Waals surface area contributed by atoms with Gasteiger partial charge < -0.3 is 4.90 Å². The van der Waals surface area contributed by atoms with Gasteiger partial charge in [-0.25, -0.2) is 22.7 Å². The third-order valence-corrected chi connectivity index (χ3v) is 6.06. The van der Waals surface area contributed by atoms with Gasteiger partial charge >= 0.3 is 0 Å². The number of benzene rings is 1. The van der Waals surface area contributed by atoms with Crippen LogP contribution < -0.4 is 0 Å². The summed E-state index contributed by atoms with van der Waals surface area (Å²) in [5, 5.41) is 4.69. The highest BCUT2D eigenvalue weighted by molar-refractivity contribution is 5.97. The van der Waals surface area contributed by atoms with E-state index < -0.39 is 12.2 Å². The molecule has 0 unspecified atom stereocenters. The predicted molar refractivity (Wildman–Crippen MR) is 110 cm³/mol. The normalized spacial score (nSPS) is 19.2. The summed E-state index contributed by atoms with van der Waals surface area (Å²) in [6.07, 6.45) is 0.597. The standard InChI is InChI=1S/C22H19F3N6O/c1-12-5-6-30(21(32)14-7-13-3-2-4-16(23)19(13)26-9-14)10-15(12)18-8-17(20(24)25)29-22-27-11-28-31(18)22/h2-4,7-9,11-12,15,20H,5-6,10H2,1H3/t12-,15-/m1/s1. The lowest BCUT2D eigenvalue weighted by Gasteiger charge is -2.37. The van der Waals surface area contributed by atoms with Gasteiger partial charge in [-0.1, -0.05) is 19.1 Å². The second-order valence-electron chi connectivity index (χ2n) is 8.04. The zero-order valence-corrected chi connectivity index (χ0v) is 17.1. The number of nitrogens with zero attached hydrogens (tertiary/aromatic N) is 6. The zero-order valence-electron chi connectivity index (χ0n) is 17.1. The van der Waals surface area contributed by atoms with Crippen molar-refractivity contribution in [1.82, 2.24) is 29.5 Å². The number of carbonyl (C=O) groups excluding carboxylic acids is 1. The number of carbonyl (C=O) groups is 1. The summed E-state index contributed by atoms with van der Waals surface area (Å²) in [6, 6.07) is 7.56. The van der Waals surface area contributed by atoms with E-state index in [-0.39, 0.29) is 34.7 Å². The lowest BCUT2D eigenvalue weighted by atomic mass is 9.84. The predicted octanol–water partition coefficient (Wildman–Crippen LogP) is 4.02. The second-order valence-corrected chi connectivity index (χ2v) is 8.04. The molecule has 32 heavy (non-hydrogen) atoms. The Morgan fingerprint density at radius 1 is 1.22 bits per heavy atom. The van der Waals surface area contributed by atoms with E-state index in [9.17, 15) is 18.0 Å². The van der Waals surface area contributed by atoms with E-state index in [0.717, 1.165) is 0 Å². The SMILES string of the molecule is C[C@@H]1CCN(C(=O)c2cnc3c(F)cccc3c2)C[C@H]1c1cc(C(F)F)nc2ncnn12. The summed E-state index contributed by atoms with van der Waals surface area (Å²) in [5.41, 5.74) is 0.743. The summed E-state index contributed by atoms with van der Waals surface area (Å²) < 4.78 is 42.2. The number of hydrogen-bond acceptors (Lipinski definition) is 5. The zero-order chi connectivity index (χ0) is 22.4. The number of para-hydroxylation sites is 1. The van der Waals surface area contributed by atoms with E-state index >= 15 is 0 Å². The minimum atomic E-state index is -2.74. The van der Waals surface area contributed by atoms with E-state index in [2.05, 4.69) is 20.1 Å². The van der Waals surface area contributed by atoms with Crippen LogP contribution in [-0.2, 0) is 0 Å². The van der Waals surface area contributed by atoms with E-state index in [0.29, 0.717) is 36.2 Å². The summed E-state index contributed by atoms with van der Waals surface area (Å²) >= 11 is 0. The Hall–Kier alpha value is -3.56. The van der Waals surface area contributed by atoms with Gasteiger partial charge in [0.15, 0.2) is 0 Å². The molecule has 5 rings (SSSR count). The van der Waals surface area contributed by atoms with Gasteiger partial charge in [0.05, 0.1) is 11.3 Å². The van der Waals surface area contributed by atoms with Crippen LogP contribution in [0.1, 0.15) is 47.4 Å². The van der Waals surface area contributed by atoms with Crippen molar-refractivity contribution >= 4 is 22.6 Å². The van der Waals surface area contributed by atoms with Crippen molar-refractivity contribution in [2.24, 2.45) is 5.92 Å². The number of hydrogen-bond donors (Lipinski definition) is 0. The molecule has 0 N–H and O–H groups in total. The highest BCUT2D eigenvalue weighted by atomic mass is 19.3. The largest absolute Gasteiger partial charge is 0.338 e. The first kappa shape index (κ1) is 20.3. The highest BCUT2D eigenvalue weighted by Gasteiger charge is 2.33. The number of halogens is 3. The van der Waals surface area contributed by atoms with Crippen molar-refractivity contribution in [3.8, 4) is 0 Å². The Kier molecular flexibility index (Phi) is 4.99. The Morgan fingerprint density at radius 2 is 2.06 bits per heavy atom. The summed E-state index contributed by atoms with van der Waals surface area (Å²) in [6.45, 7) is 2.87. The fourth-order valence-electron chi connectivity index (χ4n) is 4.29. The molecule has 164 valence electrons. The lowest BCUT2D eigenvalue weighted by molar-refractivity contribution is 0.0665. The number of piperidine rings is 1. The fraction of sp³-hybridized carbons (Fsp3) is 0.318. The van der Waals surface area contributed by atoms with Crippen LogP contribution in [0.4, 0.5) is 13.2 Å². The number of alkyl halides is 2. The Bertz CT molecular complexity index is 1320. The molecule has 1 amide bonds. The van der Waals surface area contributed by atoms with Crippen LogP contribution in [0.15, 0.2) is 42.9 Å². The third kappa shape index (κ3) is 3.45. The molecule has 1 fully saturated rings. The minimum Gasteiger partial charge on any atom is -0.338 e. The molecule has 0 radical (unpaired) electrons. The van der Waals surface area contributed by atoms with E-state index in [1.165, 1.54) is 29.2 Å². The van der Waals surface area contributed by atoms with Crippen molar-refractivity contribution in [2.75, 3.05) is 13.1 Å². The van der Waals surface area contributed by atoms with Crippen molar-refractivity contribution < 1.29 is 18.0 Å². The third-order valence-electron chi connectivity index (χ3n) is 6.06. The summed E-state index contributed by atoms with van der Waals surface area (Å²) in [4.78, 5) is 26.9. The topological polar surface area (TPSA) is 76.3 Å². The first-order chi connectivity index (χ1) is 15.4. The molecule has 1 aliphatic rings. The van der Waals surface area contributed by atoms with Crippen LogP contribution >= 0.6 is 0 Å². The highest BCUT2D eigenvalue weighted by Crippen LogP contribution is 2.34. The molecule has 0 bridgehead atoms. The maximum atomic E-state index is 13.9. The average Bonchev–Trinajstić information content (AvgIpc) is 3.27. The van der Waals surface area contributed by atoms with Crippen LogP contribution in [0.25, 0.3) is 16.7 Å². The minimum absolute atomic E-state index is 0.106. The lowest BCUT2D eigenvalue weighted by Crippen LogP contribution is -2.42. The number of aromatic nitrogens is 5. The van der Waals surface area contributed by atoms with Gasteiger partial charge in [0, 0.05) is 30.6 Å². The van der Waals surface area contributed by atoms with Crippen LogP contribution in [-0.4, -0.2) is 48.5 Å². The van der Waals surface area contributed by atoms with E-state index in [4.69, 9.17) is 0 Å². The Morgan fingerprint density at radius 3 is 2.88 bits per heavy atom. The van der Waals surface area contributed by atoms with Gasteiger partial charge in [0.2, 0.25) is 0 Å². The maximum absolute atomic E-state index is 13.9. The molecule has 1 aromatic carbocycles. The monoisotopic (exact) mass is 440 g/mol. The molecule has 0 spiro atoms. The van der Waals surface area contributed by atoms with Gasteiger partial charge in [-0.2, -0.15) is 10.1 Å². The smallest absolute Gasteiger partial charge is 0.280 e. The van der Waals surface area contributed by atoms with Crippen molar-refractivity contribution in [3.05, 3.63) is 65.6 Å². The second kappa shape index (κ2) is 7.85. The molecule has 10 heteroatoms. The van der Waals surface area contributed by atoms with Crippen LogP contribution in [0.3, 0.4) is 0 Å². The fourth-order valence-corrected chi connectivity index (χ4v) is 4.29. The molecule has 1 aliphatic heterocycles. The van der Waals surface area contributed by atoms with Crippen LogP contribution in [0, 0.1) is 11.7 Å². The molecule has 1 saturated heterocycles. The Labute approximate surface area is 180 Å². The molecule has 4 heterocycles. The molecular weight excluding hydrogens is 421 g/mol. The van der Waals surface area contributed by atoms with Gasteiger partial charge in [-0.15, -0.1) is 0 Å². The number of pyridine rings is 1. The quantitative estimate of drug-likeness (QED) is 0.481. The molecule has 2 atom stereocenters. The molecular formula is C22H19F3N6O. The van der Waals surface area contributed by atoms with E-state index in [1.807, 2.05) is 6.92 Å².